The Balaban J connectivity index is 1.85. The van der Waals surface area contributed by atoms with Crippen molar-refractivity contribution >= 4 is 32.0 Å². The Morgan fingerprint density at radius 1 is 1.03 bits per heavy atom. The molecule has 5 nitrogen and oxygen atoms in total. The van der Waals surface area contributed by atoms with Gasteiger partial charge in [0.05, 0.1) is 5.56 Å². The number of carbonyl (C=O) groups is 1. The summed E-state index contributed by atoms with van der Waals surface area (Å²) in [7, 11) is -4.51. The van der Waals surface area contributed by atoms with Crippen LogP contribution in [-0.4, -0.2) is 25.3 Å². The van der Waals surface area contributed by atoms with Crippen LogP contribution in [0.3, 0.4) is 0 Å². The second-order valence-corrected chi connectivity index (χ2v) is 10.4. The van der Waals surface area contributed by atoms with Crippen LogP contribution >= 0.6 is 15.9 Å². The first-order valence-electron chi connectivity index (χ1n) is 10.7. The van der Waals surface area contributed by atoms with E-state index in [0.29, 0.717) is 23.6 Å². The van der Waals surface area contributed by atoms with E-state index in [-0.39, 0.29) is 24.2 Å². The van der Waals surface area contributed by atoms with Crippen molar-refractivity contribution in [2.75, 3.05) is 0 Å². The van der Waals surface area contributed by atoms with Gasteiger partial charge in [-0.1, -0.05) is 47.1 Å². The summed E-state index contributed by atoms with van der Waals surface area (Å²) < 4.78 is 70.1. The average molecular weight is 570 g/mol. The zero-order valence-electron chi connectivity index (χ0n) is 18.9. The van der Waals surface area contributed by atoms with Gasteiger partial charge in [0, 0.05) is 22.6 Å². The first kappa shape index (κ1) is 26.7. The number of hydrogen-bond donors (Lipinski definition) is 0. The third kappa shape index (κ3) is 6.85. The van der Waals surface area contributed by atoms with Crippen LogP contribution in [0.4, 0.5) is 13.2 Å². The molecule has 0 saturated carbocycles. The van der Waals surface area contributed by atoms with Crippen molar-refractivity contribution in [3.63, 3.8) is 0 Å². The third-order valence-electron chi connectivity index (χ3n) is 5.36. The van der Waals surface area contributed by atoms with Crippen LogP contribution in [0.1, 0.15) is 41.8 Å². The quantitative estimate of drug-likeness (QED) is 0.284. The lowest BCUT2D eigenvalue weighted by Crippen LogP contribution is -2.37. The highest BCUT2D eigenvalue weighted by atomic mass is 79.9. The predicted molar refractivity (Wildman–Crippen MR) is 129 cm³/mol. The molecule has 0 fully saturated rings. The summed E-state index contributed by atoms with van der Waals surface area (Å²) in [6.07, 6.45) is -3.99. The minimum absolute atomic E-state index is 0.0704. The Hall–Kier alpha value is -2.85. The molecular weight excluding hydrogens is 547 g/mol. The van der Waals surface area contributed by atoms with Crippen LogP contribution in [-0.2, 0) is 22.8 Å². The van der Waals surface area contributed by atoms with Gasteiger partial charge in [-0.2, -0.15) is 21.6 Å². The third-order valence-corrected chi connectivity index (χ3v) is 7.10. The minimum Gasteiger partial charge on any atom is -0.379 e. The Morgan fingerprint density at radius 3 is 2.37 bits per heavy atom. The molecule has 35 heavy (non-hydrogen) atoms. The number of hydrogen-bond acceptors (Lipinski definition) is 4. The molecular formula is C25H23BrF3NO4S. The molecule has 3 aromatic rings. The largest absolute Gasteiger partial charge is 0.416 e. The highest BCUT2D eigenvalue weighted by molar-refractivity contribution is 9.10. The molecule has 0 bridgehead atoms. The molecule has 0 radical (unpaired) electrons. The number of carbonyl (C=O) groups excluding carboxylic acids is 1. The number of rotatable bonds is 8. The van der Waals surface area contributed by atoms with Crippen LogP contribution in [0.2, 0.25) is 0 Å². The smallest absolute Gasteiger partial charge is 0.379 e. The fraction of sp³-hybridized carbons (Fsp3) is 0.240. The predicted octanol–water partition coefficient (Wildman–Crippen LogP) is 6.68. The number of halogens is 4. The van der Waals surface area contributed by atoms with Crippen LogP contribution in [0.5, 0.6) is 5.75 Å². The van der Waals surface area contributed by atoms with Crippen molar-refractivity contribution in [1.82, 2.24) is 4.90 Å². The SMILES string of the molecule is CCC(C)N(Cc1cccc(OS(=O)(=O)c2cccc(C(F)(F)F)c2)c1)C(=O)c1cccc(Br)c1. The summed E-state index contributed by atoms with van der Waals surface area (Å²) in [6.45, 7) is 4.04. The summed E-state index contributed by atoms with van der Waals surface area (Å²) in [4.78, 5) is 14.3. The van der Waals surface area contributed by atoms with E-state index < -0.39 is 26.8 Å². The van der Waals surface area contributed by atoms with Gasteiger partial charge in [-0.15, -0.1) is 0 Å². The lowest BCUT2D eigenvalue weighted by molar-refractivity contribution is -0.137. The monoisotopic (exact) mass is 569 g/mol. The van der Waals surface area contributed by atoms with E-state index in [1.165, 1.54) is 12.1 Å². The van der Waals surface area contributed by atoms with Gasteiger partial charge < -0.3 is 9.08 Å². The maximum atomic E-state index is 13.2. The molecule has 0 spiro atoms. The van der Waals surface area contributed by atoms with Crippen LogP contribution in [0.15, 0.2) is 82.2 Å². The van der Waals surface area contributed by atoms with Crippen LogP contribution in [0, 0.1) is 0 Å². The maximum absolute atomic E-state index is 13.2. The van der Waals surface area contributed by atoms with Gasteiger partial charge in [0.1, 0.15) is 10.6 Å². The van der Waals surface area contributed by atoms with E-state index in [1.54, 1.807) is 35.2 Å². The molecule has 1 atom stereocenters. The van der Waals surface area contributed by atoms with E-state index in [4.69, 9.17) is 4.18 Å². The lowest BCUT2D eigenvalue weighted by atomic mass is 10.1. The first-order chi connectivity index (χ1) is 16.4. The minimum atomic E-state index is -4.69. The van der Waals surface area contributed by atoms with Gasteiger partial charge in [0.25, 0.3) is 5.91 Å². The average Bonchev–Trinajstić information content (AvgIpc) is 2.81. The molecule has 0 aliphatic heterocycles. The fourth-order valence-electron chi connectivity index (χ4n) is 3.33. The van der Waals surface area contributed by atoms with Gasteiger partial charge in [-0.3, -0.25) is 4.79 Å². The summed E-state index contributed by atoms with van der Waals surface area (Å²) in [5.74, 6) is -0.262. The van der Waals surface area contributed by atoms with Crippen molar-refractivity contribution in [2.24, 2.45) is 0 Å². The molecule has 0 aliphatic carbocycles. The molecule has 1 unspecified atom stereocenters. The maximum Gasteiger partial charge on any atom is 0.416 e. The molecule has 0 N–H and O–H groups in total. The standard InChI is InChI=1S/C25H23BrF3NO4S/c1-3-17(2)30(24(31)19-8-5-10-21(26)14-19)16-18-7-4-11-22(13-18)34-35(32,33)23-12-6-9-20(15-23)25(27,28)29/h4-15,17H,3,16H2,1-2H3. The van der Waals surface area contributed by atoms with Gasteiger partial charge in [0.15, 0.2) is 0 Å². The molecule has 10 heteroatoms. The van der Waals surface area contributed by atoms with Gasteiger partial charge >= 0.3 is 16.3 Å². The Morgan fingerprint density at radius 2 is 1.71 bits per heavy atom. The molecule has 1 amide bonds. The van der Waals surface area contributed by atoms with E-state index in [9.17, 15) is 26.4 Å². The molecule has 0 heterocycles. The molecule has 3 aromatic carbocycles. The number of nitrogens with zero attached hydrogens (tertiary/aromatic N) is 1. The second kappa shape index (κ2) is 10.8. The van der Waals surface area contributed by atoms with E-state index >= 15 is 0 Å². The van der Waals surface area contributed by atoms with Crippen LogP contribution in [0.25, 0.3) is 0 Å². The lowest BCUT2D eigenvalue weighted by Gasteiger charge is -2.29. The van der Waals surface area contributed by atoms with Crippen molar-refractivity contribution in [3.05, 3.63) is 94.0 Å². The Kier molecular flexibility index (Phi) is 8.27. The molecule has 3 rings (SSSR count). The Labute approximate surface area is 210 Å². The van der Waals surface area contributed by atoms with Crippen LogP contribution < -0.4 is 4.18 Å². The van der Waals surface area contributed by atoms with Crippen molar-refractivity contribution in [1.29, 1.82) is 0 Å². The van der Waals surface area contributed by atoms with E-state index in [1.807, 2.05) is 19.9 Å². The molecule has 0 saturated heterocycles. The number of alkyl halides is 3. The van der Waals surface area contributed by atoms with Gasteiger partial charge in [-0.25, -0.2) is 0 Å². The van der Waals surface area contributed by atoms with Crippen molar-refractivity contribution < 1.29 is 30.6 Å². The zero-order valence-corrected chi connectivity index (χ0v) is 21.3. The van der Waals surface area contributed by atoms with E-state index in [2.05, 4.69) is 15.9 Å². The van der Waals surface area contributed by atoms with Gasteiger partial charge in [0.2, 0.25) is 0 Å². The summed E-state index contributed by atoms with van der Waals surface area (Å²) in [5.41, 5.74) is 0.00998. The molecule has 0 aromatic heterocycles. The zero-order chi connectivity index (χ0) is 25.8. The highest BCUT2D eigenvalue weighted by Gasteiger charge is 2.32. The second-order valence-electron chi connectivity index (χ2n) is 7.91. The summed E-state index contributed by atoms with van der Waals surface area (Å²) in [5, 5.41) is 0. The first-order valence-corrected chi connectivity index (χ1v) is 12.9. The summed E-state index contributed by atoms with van der Waals surface area (Å²) in [6, 6.07) is 16.4. The van der Waals surface area contributed by atoms with E-state index in [0.717, 1.165) is 22.7 Å². The van der Waals surface area contributed by atoms with Crippen molar-refractivity contribution in [3.8, 4) is 5.75 Å². The highest BCUT2D eigenvalue weighted by Crippen LogP contribution is 2.31. The van der Waals surface area contributed by atoms with Gasteiger partial charge in [-0.05, 0) is 67.4 Å². The van der Waals surface area contributed by atoms with Crippen molar-refractivity contribution in [2.45, 2.75) is 43.9 Å². The molecule has 186 valence electrons. The fourth-order valence-corrected chi connectivity index (χ4v) is 4.70. The number of amides is 1. The number of benzene rings is 3. The Bertz CT molecular complexity index is 1310. The normalized spacial score (nSPS) is 12.7. The molecule has 0 aliphatic rings. The topological polar surface area (TPSA) is 63.7 Å². The summed E-state index contributed by atoms with van der Waals surface area (Å²) >= 11 is 3.37.